The quantitative estimate of drug-likeness (QED) is 0.127. The maximum atomic E-state index is 16.4. The number of allylic oxidation sites excluding steroid dienone is 3. The smallest absolute Gasteiger partial charge is 0.329 e. The van der Waals surface area contributed by atoms with Crippen LogP contribution in [0.15, 0.2) is 77.9 Å². The zero-order valence-electron chi connectivity index (χ0n) is 41.5. The van der Waals surface area contributed by atoms with Crippen LogP contribution >= 0.6 is 0 Å². The molecule has 3 aliphatic heterocycles. The van der Waals surface area contributed by atoms with Crippen LogP contribution in [0.25, 0.3) is 0 Å². The van der Waals surface area contributed by atoms with Crippen LogP contribution in [0, 0.1) is 29.6 Å². The molecule has 0 aromatic heterocycles. The average Bonchev–Trinajstić information content (AvgIpc) is 3.35. The lowest BCUT2D eigenvalue weighted by Gasteiger charge is -2.47. The van der Waals surface area contributed by atoms with Crippen molar-refractivity contribution in [1.29, 1.82) is 0 Å². The van der Waals surface area contributed by atoms with Crippen molar-refractivity contribution >= 4 is 23.4 Å². The number of carbonyl (C=O) groups excluding carboxylic acids is 4. The van der Waals surface area contributed by atoms with E-state index in [4.69, 9.17) is 28.4 Å². The molecule has 15 heteroatoms. The number of halogens is 1. The Bertz CT molecular complexity index is 2120. The number of aliphatic hydroxyl groups excluding tert-OH is 2. The Labute approximate surface area is 406 Å². The van der Waals surface area contributed by atoms with E-state index in [9.17, 15) is 34.5 Å². The van der Waals surface area contributed by atoms with Crippen LogP contribution in [0.4, 0.5) is 4.39 Å². The molecule has 0 spiro atoms. The Morgan fingerprint density at radius 3 is 2.17 bits per heavy atom. The minimum atomic E-state index is -2.63. The molecule has 380 valence electrons. The molecule has 4 aliphatic rings. The fourth-order valence-electron chi connectivity index (χ4n) is 10.6. The highest BCUT2D eigenvalue weighted by Crippen LogP contribution is 2.40. The molecule has 69 heavy (non-hydrogen) atoms. The van der Waals surface area contributed by atoms with Crippen LogP contribution in [-0.4, -0.2) is 125 Å². The summed E-state index contributed by atoms with van der Waals surface area (Å²) in [5.41, 5.74) is 0.899. The Balaban J connectivity index is 1.30. The molecule has 3 heterocycles. The minimum absolute atomic E-state index is 0.0283. The van der Waals surface area contributed by atoms with Crippen LogP contribution in [0.5, 0.6) is 17.2 Å². The number of esters is 1. The number of rotatable bonds is 9. The average molecular weight is 964 g/mol. The fourth-order valence-corrected chi connectivity index (χ4v) is 10.6. The second-order valence-corrected chi connectivity index (χ2v) is 19.9. The summed E-state index contributed by atoms with van der Waals surface area (Å²) < 4.78 is 52.7. The molecule has 2 bridgehead atoms. The number of nitrogens with zero attached hydrogens (tertiary/aromatic N) is 1. The van der Waals surface area contributed by atoms with Crippen molar-refractivity contribution in [1.82, 2.24) is 4.90 Å². The van der Waals surface area contributed by atoms with Gasteiger partial charge in [-0.1, -0.05) is 58.0 Å². The molecule has 6 rings (SSSR count). The second-order valence-electron chi connectivity index (χ2n) is 19.9. The predicted molar refractivity (Wildman–Crippen MR) is 255 cm³/mol. The molecule has 1 saturated carbocycles. The van der Waals surface area contributed by atoms with Gasteiger partial charge in [0.15, 0.2) is 0 Å². The maximum absolute atomic E-state index is 16.4. The summed E-state index contributed by atoms with van der Waals surface area (Å²) in [6.45, 7) is 10.2. The van der Waals surface area contributed by atoms with E-state index >= 15 is 4.39 Å². The topological polar surface area (TPSA) is 188 Å². The number of piperidine rings is 1. The molecule has 2 aromatic carbocycles. The van der Waals surface area contributed by atoms with Crippen molar-refractivity contribution < 1.29 is 67.3 Å². The monoisotopic (exact) mass is 964 g/mol. The number of ether oxygens (including phenoxy) is 6. The number of fused-ring (bicyclic) bond motifs is 3. The molecule has 15 atom stereocenters. The summed E-state index contributed by atoms with van der Waals surface area (Å²) in [6.07, 6.45) is -1.49. The molecule has 15 unspecified atom stereocenters. The number of cyclic esters (lactones) is 1. The number of Topliss-reactive ketones (excluding diaryl/α,β-unsaturated/α-hetero) is 2. The van der Waals surface area contributed by atoms with E-state index in [1.165, 1.54) is 14.2 Å². The van der Waals surface area contributed by atoms with Crippen LogP contribution < -0.4 is 9.47 Å². The Morgan fingerprint density at radius 2 is 1.51 bits per heavy atom. The van der Waals surface area contributed by atoms with Crippen LogP contribution in [0.3, 0.4) is 0 Å². The fraction of sp³-hybridized carbons (Fsp3) is 0.630. The first kappa shape index (κ1) is 53.8. The van der Waals surface area contributed by atoms with Gasteiger partial charge in [0.05, 0.1) is 24.4 Å². The third-order valence-corrected chi connectivity index (χ3v) is 14.9. The molecule has 2 aromatic rings. The van der Waals surface area contributed by atoms with Gasteiger partial charge in [0.2, 0.25) is 5.79 Å². The number of para-hydroxylation sites is 1. The molecular weight excluding hydrogens is 890 g/mol. The number of hydrogen-bond donors (Lipinski definition) is 3. The van der Waals surface area contributed by atoms with Gasteiger partial charge in [0.1, 0.15) is 53.6 Å². The van der Waals surface area contributed by atoms with Gasteiger partial charge in [-0.05, 0) is 131 Å². The highest BCUT2D eigenvalue weighted by atomic mass is 19.1. The van der Waals surface area contributed by atoms with Crippen LogP contribution in [-0.2, 0) is 38.1 Å². The zero-order chi connectivity index (χ0) is 50.2. The first-order chi connectivity index (χ1) is 32.9. The summed E-state index contributed by atoms with van der Waals surface area (Å²) in [5.74, 6) is -7.55. The standard InChI is InChI=1S/C54H74FNO13/c1-9-37-26-31(2)48(55)32(3)27-46(64-7)50-47(65-8)28-34(5)54(63,69-50)51(60)52(61)56-24-14-13-17-41(56)53(62)68-49(35(6)43(58)30-44(37)59)33(4)25-36-18-23-42(57)45(29-36)67-40-21-19-39(20-22-40)66-38-15-11-10-12-16-38/h10-12,15-16,19-22,25-26,32,34-37,41-43,45-50,57-58,63H,9,13-14,17-18,23-24,27-30H2,1-8H3/b31-26+,33-25?. The summed E-state index contributed by atoms with van der Waals surface area (Å²) in [7, 11) is 2.87. The maximum Gasteiger partial charge on any atom is 0.329 e. The van der Waals surface area contributed by atoms with Gasteiger partial charge in [-0.3, -0.25) is 14.4 Å². The van der Waals surface area contributed by atoms with Crippen molar-refractivity contribution in [2.24, 2.45) is 29.6 Å². The molecule has 3 fully saturated rings. The van der Waals surface area contributed by atoms with Gasteiger partial charge in [-0.15, -0.1) is 0 Å². The summed E-state index contributed by atoms with van der Waals surface area (Å²) in [4.78, 5) is 58.4. The van der Waals surface area contributed by atoms with E-state index < -0.39 is 102 Å². The molecule has 0 radical (unpaired) electrons. The van der Waals surface area contributed by atoms with Gasteiger partial charge in [0.25, 0.3) is 11.7 Å². The van der Waals surface area contributed by atoms with Gasteiger partial charge in [-0.2, -0.15) is 0 Å². The van der Waals surface area contributed by atoms with Gasteiger partial charge >= 0.3 is 5.97 Å². The Kier molecular flexibility index (Phi) is 18.8. The number of amides is 1. The van der Waals surface area contributed by atoms with Crippen molar-refractivity contribution in [3.8, 4) is 17.2 Å². The largest absolute Gasteiger partial charge is 0.488 e. The molecule has 14 nitrogen and oxygen atoms in total. The zero-order valence-corrected chi connectivity index (χ0v) is 41.5. The SMILES string of the molecule is CCC1/C=C(\C)C(F)C(C)CC(OC)C2OC(O)(C(=O)C(=O)N3CCCCC3C(=O)OC(C(C)=CC3CCC(O)C(Oc4ccc(Oc5ccccc5)cc4)C3)C(C)C(O)CC1=O)C(C)CC2OC. The number of hydrogen-bond acceptors (Lipinski definition) is 13. The lowest BCUT2D eigenvalue weighted by molar-refractivity contribution is -0.302. The van der Waals surface area contributed by atoms with Crippen molar-refractivity contribution in [2.75, 3.05) is 20.8 Å². The lowest BCUT2D eigenvalue weighted by atomic mass is 9.81. The van der Waals surface area contributed by atoms with Crippen molar-refractivity contribution in [2.45, 2.75) is 166 Å². The van der Waals surface area contributed by atoms with E-state index in [0.29, 0.717) is 66.9 Å². The van der Waals surface area contributed by atoms with E-state index in [1.807, 2.05) is 43.3 Å². The van der Waals surface area contributed by atoms with Crippen molar-refractivity contribution in [3.63, 3.8) is 0 Å². The molecule has 1 aliphatic carbocycles. The first-order valence-electron chi connectivity index (χ1n) is 24.8. The van der Waals surface area contributed by atoms with Crippen molar-refractivity contribution in [3.05, 3.63) is 77.9 Å². The predicted octanol–water partition coefficient (Wildman–Crippen LogP) is 7.65. The van der Waals surface area contributed by atoms with Gasteiger partial charge < -0.3 is 48.6 Å². The highest BCUT2D eigenvalue weighted by Gasteiger charge is 2.57. The summed E-state index contributed by atoms with van der Waals surface area (Å²) in [6, 6.07) is 15.3. The Morgan fingerprint density at radius 1 is 0.855 bits per heavy atom. The molecule has 3 N–H and O–H groups in total. The number of benzene rings is 2. The second kappa shape index (κ2) is 24.1. The van der Waals surface area contributed by atoms with E-state index in [0.717, 1.165) is 4.90 Å². The van der Waals surface area contributed by atoms with Crippen LogP contribution in [0.1, 0.15) is 106 Å². The summed E-state index contributed by atoms with van der Waals surface area (Å²) >= 11 is 0. The number of carbonyl (C=O) groups is 4. The lowest BCUT2D eigenvalue weighted by Crippen LogP contribution is -2.64. The molecule has 1 amide bonds. The molecular formula is C54H74FNO13. The van der Waals surface area contributed by atoms with E-state index in [1.54, 1.807) is 65.0 Å². The summed E-state index contributed by atoms with van der Waals surface area (Å²) in [5, 5.41) is 35.0. The number of aliphatic hydroxyl groups is 3. The van der Waals surface area contributed by atoms with Gasteiger partial charge in [-0.25, -0.2) is 9.18 Å². The molecule has 2 saturated heterocycles. The van der Waals surface area contributed by atoms with E-state index in [-0.39, 0.29) is 43.9 Å². The Hall–Kier alpha value is -4.51. The van der Waals surface area contributed by atoms with Gasteiger partial charge in [0, 0.05) is 44.9 Å². The van der Waals surface area contributed by atoms with E-state index in [2.05, 4.69) is 0 Å². The highest BCUT2D eigenvalue weighted by molar-refractivity contribution is 6.39. The normalized spacial score (nSPS) is 36.8. The third kappa shape index (κ3) is 12.9. The third-order valence-electron chi connectivity index (χ3n) is 14.9. The first-order valence-corrected chi connectivity index (χ1v) is 24.8. The number of alkyl halides is 1. The number of ketones is 2. The number of methoxy groups -OCH3 is 2. The minimum Gasteiger partial charge on any atom is -0.488 e. The van der Waals surface area contributed by atoms with Crippen LogP contribution in [0.2, 0.25) is 0 Å².